The fraction of sp³-hybridized carbons (Fsp3) is 0.562. The number of carboxylic acids is 1. The van der Waals surface area contributed by atoms with E-state index in [9.17, 15) is 9.90 Å². The van der Waals surface area contributed by atoms with Crippen molar-refractivity contribution < 1.29 is 9.90 Å². The van der Waals surface area contributed by atoms with Crippen molar-refractivity contribution in [3.8, 4) is 0 Å². The van der Waals surface area contributed by atoms with Gasteiger partial charge in [0.1, 0.15) is 15.9 Å². The Morgan fingerprint density at radius 1 is 1.35 bits per heavy atom. The second kappa shape index (κ2) is 4.69. The normalized spacial score (nSPS) is 30.0. The molecule has 124 valence electrons. The van der Waals surface area contributed by atoms with Crippen molar-refractivity contribution >= 4 is 33.2 Å². The van der Waals surface area contributed by atoms with E-state index in [1.54, 1.807) is 6.20 Å². The van der Waals surface area contributed by atoms with Gasteiger partial charge in [-0.05, 0) is 41.1 Å². The lowest BCUT2D eigenvalue weighted by Crippen LogP contribution is -2.47. The number of hydrogen-bond donors (Lipinski definition) is 2. The van der Waals surface area contributed by atoms with Gasteiger partial charge >= 0.3 is 5.97 Å². The predicted molar refractivity (Wildman–Crippen MR) is 91.2 cm³/mol. The predicted octanol–water partition coefficient (Wildman–Crippen LogP) is 3.24. The Morgan fingerprint density at radius 2 is 2.00 bits per heavy atom. The highest BCUT2D eigenvalue weighted by atomic mass is 79.9. The quantitative estimate of drug-likeness (QED) is 0.833. The lowest BCUT2D eigenvalue weighted by molar-refractivity contribution is -0.154. The summed E-state index contributed by atoms with van der Waals surface area (Å²) in [6, 6.07) is 0. The van der Waals surface area contributed by atoms with E-state index >= 15 is 0 Å². The Hall–Kier alpha value is -1.63. The maximum absolute atomic E-state index is 11.9. The fourth-order valence-corrected chi connectivity index (χ4v) is 4.47. The lowest BCUT2D eigenvalue weighted by Gasteiger charge is -2.44. The molecule has 0 radical (unpaired) electrons. The molecule has 7 heteroatoms. The molecule has 23 heavy (non-hydrogen) atoms. The Bertz CT molecular complexity index is 816. The highest BCUT2D eigenvalue weighted by Crippen LogP contribution is 2.63. The van der Waals surface area contributed by atoms with Crippen LogP contribution in [0.2, 0.25) is 0 Å². The highest BCUT2D eigenvalue weighted by molar-refractivity contribution is 9.10. The standard InChI is InChI=1S/C16H21BrN4O2/c1-14(2)15(3,5-6-16(14,4)13(22)23)12-20-10(17)9-11(18)19-7-8-21(9)12/h7-8H,5-6H2,1-4H3,(H2,18,19)(H,22,23)/t15-,16+/m0/s1. The van der Waals surface area contributed by atoms with Gasteiger partial charge in [-0.15, -0.1) is 0 Å². The number of anilines is 1. The number of fused-ring (bicyclic) bond motifs is 1. The molecule has 0 aliphatic heterocycles. The zero-order valence-electron chi connectivity index (χ0n) is 13.7. The first-order chi connectivity index (χ1) is 10.6. The van der Waals surface area contributed by atoms with Gasteiger partial charge in [0.2, 0.25) is 0 Å². The number of nitrogens with two attached hydrogens (primary N) is 1. The average Bonchev–Trinajstić information content (AvgIpc) is 2.90. The van der Waals surface area contributed by atoms with Crippen LogP contribution in [0.25, 0.3) is 5.52 Å². The van der Waals surface area contributed by atoms with Crippen molar-refractivity contribution in [1.82, 2.24) is 14.4 Å². The zero-order chi connectivity index (χ0) is 17.2. The van der Waals surface area contributed by atoms with E-state index in [2.05, 4.69) is 27.8 Å². The molecule has 2 atom stereocenters. The molecule has 0 unspecified atom stereocenters. The van der Waals surface area contributed by atoms with Crippen LogP contribution in [-0.2, 0) is 10.2 Å². The molecule has 1 saturated carbocycles. The summed E-state index contributed by atoms with van der Waals surface area (Å²) in [5.41, 5.74) is 5.02. The summed E-state index contributed by atoms with van der Waals surface area (Å²) in [5, 5.41) is 9.78. The third-order valence-electron chi connectivity index (χ3n) is 6.39. The molecule has 3 N–H and O–H groups in total. The molecule has 2 aromatic rings. The van der Waals surface area contributed by atoms with Crippen LogP contribution in [0.1, 0.15) is 46.4 Å². The number of imidazole rings is 1. The van der Waals surface area contributed by atoms with Gasteiger partial charge in [-0.25, -0.2) is 9.97 Å². The van der Waals surface area contributed by atoms with E-state index in [4.69, 9.17) is 10.7 Å². The fourth-order valence-electron chi connectivity index (χ4n) is 3.91. The number of aromatic nitrogens is 3. The first-order valence-electron chi connectivity index (χ1n) is 7.58. The van der Waals surface area contributed by atoms with Gasteiger partial charge in [-0.1, -0.05) is 20.8 Å². The molecule has 3 rings (SSSR count). The number of carbonyl (C=O) groups is 1. The summed E-state index contributed by atoms with van der Waals surface area (Å²) in [6.45, 7) is 7.97. The summed E-state index contributed by atoms with van der Waals surface area (Å²) >= 11 is 3.47. The van der Waals surface area contributed by atoms with Crippen LogP contribution in [-0.4, -0.2) is 25.4 Å². The van der Waals surface area contributed by atoms with Crippen LogP contribution in [0.5, 0.6) is 0 Å². The van der Waals surface area contributed by atoms with E-state index in [0.717, 1.165) is 17.8 Å². The van der Waals surface area contributed by atoms with Crippen LogP contribution in [0.3, 0.4) is 0 Å². The summed E-state index contributed by atoms with van der Waals surface area (Å²) in [6.07, 6.45) is 4.83. The first-order valence-corrected chi connectivity index (χ1v) is 8.37. The molecule has 1 aliphatic rings. The van der Waals surface area contributed by atoms with E-state index in [0.29, 0.717) is 16.8 Å². The van der Waals surface area contributed by atoms with E-state index in [1.165, 1.54) is 0 Å². The Labute approximate surface area is 143 Å². The smallest absolute Gasteiger partial charge is 0.309 e. The third kappa shape index (κ3) is 1.83. The molecule has 6 nitrogen and oxygen atoms in total. The van der Waals surface area contributed by atoms with Crippen molar-refractivity contribution in [3.05, 3.63) is 22.8 Å². The zero-order valence-corrected chi connectivity index (χ0v) is 15.3. The average molecular weight is 381 g/mol. The summed E-state index contributed by atoms with van der Waals surface area (Å²) < 4.78 is 2.57. The molecule has 0 spiro atoms. The van der Waals surface area contributed by atoms with Gasteiger partial charge < -0.3 is 10.8 Å². The highest BCUT2D eigenvalue weighted by Gasteiger charge is 2.63. The van der Waals surface area contributed by atoms with E-state index in [1.807, 2.05) is 31.4 Å². The van der Waals surface area contributed by atoms with Crippen molar-refractivity contribution in [3.63, 3.8) is 0 Å². The number of rotatable bonds is 2. The topological polar surface area (TPSA) is 93.5 Å². The molecule has 2 heterocycles. The van der Waals surface area contributed by atoms with E-state index < -0.39 is 22.2 Å². The third-order valence-corrected chi connectivity index (χ3v) is 6.94. The summed E-state index contributed by atoms with van der Waals surface area (Å²) in [7, 11) is 0. The lowest BCUT2D eigenvalue weighted by atomic mass is 9.59. The SMILES string of the molecule is CC1(C)[C@](C)(c2nc(Br)c3c(N)nccn23)CC[C@]1(C)C(=O)O. The number of halogens is 1. The van der Waals surface area contributed by atoms with Crippen LogP contribution < -0.4 is 5.73 Å². The number of hydrogen-bond acceptors (Lipinski definition) is 4. The van der Waals surface area contributed by atoms with Crippen LogP contribution in [0, 0.1) is 10.8 Å². The van der Waals surface area contributed by atoms with Crippen molar-refractivity contribution in [2.75, 3.05) is 5.73 Å². The van der Waals surface area contributed by atoms with Gasteiger partial charge in [-0.2, -0.15) is 0 Å². The molecular weight excluding hydrogens is 360 g/mol. The number of aliphatic carboxylic acids is 1. The first kappa shape index (κ1) is 16.2. The Morgan fingerprint density at radius 3 is 2.57 bits per heavy atom. The molecule has 0 aromatic carbocycles. The number of nitrogen functional groups attached to an aromatic ring is 1. The summed E-state index contributed by atoms with van der Waals surface area (Å²) in [4.78, 5) is 20.7. The molecule has 0 saturated heterocycles. The van der Waals surface area contributed by atoms with E-state index in [-0.39, 0.29) is 0 Å². The van der Waals surface area contributed by atoms with Crippen LogP contribution in [0.15, 0.2) is 17.0 Å². The minimum Gasteiger partial charge on any atom is -0.481 e. The van der Waals surface area contributed by atoms with Crippen molar-refractivity contribution in [2.24, 2.45) is 10.8 Å². The molecule has 0 bridgehead atoms. The van der Waals surface area contributed by atoms with Gasteiger partial charge in [0.05, 0.1) is 5.41 Å². The second-order valence-corrected chi connectivity index (χ2v) is 8.10. The van der Waals surface area contributed by atoms with Gasteiger partial charge in [-0.3, -0.25) is 9.20 Å². The van der Waals surface area contributed by atoms with Crippen LogP contribution in [0.4, 0.5) is 5.82 Å². The molecule has 1 aliphatic carbocycles. The minimum absolute atomic E-state index is 0.400. The van der Waals surface area contributed by atoms with Crippen LogP contribution >= 0.6 is 15.9 Å². The van der Waals surface area contributed by atoms with Gasteiger partial charge in [0.25, 0.3) is 0 Å². The van der Waals surface area contributed by atoms with Crippen molar-refractivity contribution in [2.45, 2.75) is 46.0 Å². The van der Waals surface area contributed by atoms with Gasteiger partial charge in [0, 0.05) is 17.8 Å². The Balaban J connectivity index is 2.27. The maximum atomic E-state index is 11.9. The maximum Gasteiger partial charge on any atom is 0.309 e. The molecule has 0 amide bonds. The number of carboxylic acid groups (broad SMARTS) is 1. The molecule has 2 aromatic heterocycles. The molecule has 1 fully saturated rings. The Kier molecular flexibility index (Phi) is 3.31. The van der Waals surface area contributed by atoms with Gasteiger partial charge in [0.15, 0.2) is 5.82 Å². The second-order valence-electron chi connectivity index (χ2n) is 7.35. The summed E-state index contributed by atoms with van der Waals surface area (Å²) in [5.74, 6) is 0.467. The largest absolute Gasteiger partial charge is 0.481 e. The monoisotopic (exact) mass is 380 g/mol. The van der Waals surface area contributed by atoms with Crippen molar-refractivity contribution in [1.29, 1.82) is 0 Å². The number of nitrogens with zero attached hydrogens (tertiary/aromatic N) is 3. The minimum atomic E-state index is -0.807. The molecular formula is C16H21BrN4O2.